The van der Waals surface area contributed by atoms with E-state index in [0.29, 0.717) is 12.1 Å². The van der Waals surface area contributed by atoms with Crippen molar-refractivity contribution in [3.63, 3.8) is 0 Å². The predicted octanol–water partition coefficient (Wildman–Crippen LogP) is 2.37. The largest absolute Gasteiger partial charge is 0.352 e. The lowest BCUT2D eigenvalue weighted by atomic mass is 10.1. The lowest BCUT2D eigenvalue weighted by molar-refractivity contribution is 0.0955. The van der Waals surface area contributed by atoms with Gasteiger partial charge in [0.05, 0.1) is 0 Å². The van der Waals surface area contributed by atoms with E-state index in [-0.39, 0.29) is 11.9 Å². The Balaban J connectivity index is 2.05. The van der Waals surface area contributed by atoms with E-state index in [1.54, 1.807) is 18.2 Å². The molecule has 0 unspecified atom stereocenters. The number of benzene rings is 1. The van der Waals surface area contributed by atoms with Crippen LogP contribution in [0, 0.1) is 6.92 Å². The Labute approximate surface area is 119 Å². The lowest BCUT2D eigenvalue weighted by Gasteiger charge is -2.17. The van der Waals surface area contributed by atoms with Crippen LogP contribution in [0.4, 0.5) is 10.5 Å². The SMILES string of the molecule is CCNC(=O)c1ccc(NC(=O)N2CCCC2)c(C)c1. The molecule has 3 amide bonds. The van der Waals surface area contributed by atoms with Gasteiger partial charge in [0.1, 0.15) is 0 Å². The van der Waals surface area contributed by atoms with Crippen LogP contribution in [-0.4, -0.2) is 36.5 Å². The number of carbonyl (C=O) groups is 2. The molecular formula is C15H21N3O2. The quantitative estimate of drug-likeness (QED) is 0.889. The second kappa shape index (κ2) is 6.41. The van der Waals surface area contributed by atoms with E-state index < -0.39 is 0 Å². The first-order valence-electron chi connectivity index (χ1n) is 7.06. The fraction of sp³-hybridized carbons (Fsp3) is 0.467. The van der Waals surface area contributed by atoms with E-state index in [0.717, 1.165) is 37.2 Å². The molecule has 1 aliphatic rings. The Morgan fingerprint density at radius 3 is 2.55 bits per heavy atom. The zero-order valence-electron chi connectivity index (χ0n) is 12.0. The van der Waals surface area contributed by atoms with Crippen LogP contribution in [0.2, 0.25) is 0 Å². The van der Waals surface area contributed by atoms with E-state index in [9.17, 15) is 9.59 Å². The van der Waals surface area contributed by atoms with Crippen LogP contribution in [-0.2, 0) is 0 Å². The van der Waals surface area contributed by atoms with Gasteiger partial charge in [-0.05, 0) is 50.5 Å². The summed E-state index contributed by atoms with van der Waals surface area (Å²) in [6.07, 6.45) is 2.14. The normalized spacial score (nSPS) is 14.2. The summed E-state index contributed by atoms with van der Waals surface area (Å²) >= 11 is 0. The monoisotopic (exact) mass is 275 g/mol. The number of urea groups is 1. The molecule has 0 bridgehead atoms. The fourth-order valence-corrected chi connectivity index (χ4v) is 2.32. The first-order chi connectivity index (χ1) is 9.61. The molecule has 1 fully saturated rings. The van der Waals surface area contributed by atoms with E-state index in [1.165, 1.54) is 0 Å². The fourth-order valence-electron chi connectivity index (χ4n) is 2.32. The summed E-state index contributed by atoms with van der Waals surface area (Å²) in [5.74, 6) is -0.0898. The van der Waals surface area contributed by atoms with Gasteiger partial charge in [-0.2, -0.15) is 0 Å². The van der Waals surface area contributed by atoms with Gasteiger partial charge in [-0.1, -0.05) is 0 Å². The minimum Gasteiger partial charge on any atom is -0.352 e. The molecule has 0 radical (unpaired) electrons. The highest BCUT2D eigenvalue weighted by Crippen LogP contribution is 2.18. The summed E-state index contributed by atoms with van der Waals surface area (Å²) < 4.78 is 0. The van der Waals surface area contributed by atoms with E-state index in [1.807, 2.05) is 18.7 Å². The standard InChI is InChI=1S/C15H21N3O2/c1-3-16-14(19)12-6-7-13(11(2)10-12)17-15(20)18-8-4-5-9-18/h6-7,10H,3-5,8-9H2,1-2H3,(H,16,19)(H,17,20). The molecule has 1 aliphatic heterocycles. The van der Waals surface area contributed by atoms with Crippen LogP contribution < -0.4 is 10.6 Å². The number of amides is 3. The molecule has 20 heavy (non-hydrogen) atoms. The molecule has 0 spiro atoms. The number of hydrogen-bond donors (Lipinski definition) is 2. The zero-order chi connectivity index (χ0) is 14.5. The number of nitrogens with zero attached hydrogens (tertiary/aromatic N) is 1. The van der Waals surface area contributed by atoms with Gasteiger partial charge in [0.2, 0.25) is 0 Å². The number of hydrogen-bond acceptors (Lipinski definition) is 2. The molecule has 108 valence electrons. The lowest BCUT2D eigenvalue weighted by Crippen LogP contribution is -2.32. The van der Waals surface area contributed by atoms with Crippen molar-refractivity contribution in [1.82, 2.24) is 10.2 Å². The van der Waals surface area contributed by atoms with Crippen LogP contribution in [0.3, 0.4) is 0 Å². The number of anilines is 1. The minimum absolute atomic E-state index is 0.0589. The van der Waals surface area contributed by atoms with Gasteiger partial charge in [-0.3, -0.25) is 4.79 Å². The van der Waals surface area contributed by atoms with Crippen molar-refractivity contribution in [3.05, 3.63) is 29.3 Å². The first-order valence-corrected chi connectivity index (χ1v) is 7.06. The van der Waals surface area contributed by atoms with Crippen LogP contribution in [0.25, 0.3) is 0 Å². The van der Waals surface area contributed by atoms with Gasteiger partial charge >= 0.3 is 6.03 Å². The average molecular weight is 275 g/mol. The summed E-state index contributed by atoms with van der Waals surface area (Å²) in [4.78, 5) is 25.6. The van der Waals surface area contributed by atoms with Gasteiger partial charge < -0.3 is 15.5 Å². The van der Waals surface area contributed by atoms with E-state index >= 15 is 0 Å². The number of rotatable bonds is 3. The molecule has 0 atom stereocenters. The summed E-state index contributed by atoms with van der Waals surface area (Å²) in [7, 11) is 0. The van der Waals surface area contributed by atoms with Crippen molar-refractivity contribution in [2.45, 2.75) is 26.7 Å². The van der Waals surface area contributed by atoms with Crippen molar-refractivity contribution in [2.24, 2.45) is 0 Å². The van der Waals surface area contributed by atoms with Crippen LogP contribution >= 0.6 is 0 Å². The molecule has 2 N–H and O–H groups in total. The highest BCUT2D eigenvalue weighted by Gasteiger charge is 2.18. The molecule has 1 heterocycles. The smallest absolute Gasteiger partial charge is 0.321 e. The highest BCUT2D eigenvalue weighted by atomic mass is 16.2. The molecule has 0 aromatic heterocycles. The summed E-state index contributed by atoms with van der Waals surface area (Å²) in [5, 5.41) is 5.67. The van der Waals surface area contributed by atoms with E-state index in [2.05, 4.69) is 10.6 Å². The molecule has 0 aliphatic carbocycles. The molecule has 1 saturated heterocycles. The predicted molar refractivity (Wildman–Crippen MR) is 79.0 cm³/mol. The molecule has 0 saturated carbocycles. The number of likely N-dealkylation sites (tertiary alicyclic amines) is 1. The number of carbonyl (C=O) groups excluding carboxylic acids is 2. The van der Waals surface area contributed by atoms with Gasteiger partial charge in [0.15, 0.2) is 0 Å². The topological polar surface area (TPSA) is 61.4 Å². The minimum atomic E-state index is -0.0898. The zero-order valence-corrected chi connectivity index (χ0v) is 12.0. The Hall–Kier alpha value is -2.04. The molecule has 2 rings (SSSR count). The van der Waals surface area contributed by atoms with Gasteiger partial charge in [-0.15, -0.1) is 0 Å². The maximum Gasteiger partial charge on any atom is 0.321 e. The Kier molecular flexibility index (Phi) is 4.61. The van der Waals surface area contributed by atoms with Crippen LogP contribution in [0.15, 0.2) is 18.2 Å². The molecule has 5 heteroatoms. The summed E-state index contributed by atoms with van der Waals surface area (Å²) in [6.45, 7) is 6.02. The number of aryl methyl sites for hydroxylation is 1. The van der Waals surface area contributed by atoms with Gasteiger partial charge in [0.25, 0.3) is 5.91 Å². The first kappa shape index (κ1) is 14.4. The third-order valence-electron chi connectivity index (χ3n) is 3.46. The van der Waals surface area contributed by atoms with Crippen molar-refractivity contribution >= 4 is 17.6 Å². The van der Waals surface area contributed by atoms with Crippen LogP contribution in [0.1, 0.15) is 35.7 Å². The maximum atomic E-state index is 12.0. The van der Waals surface area contributed by atoms with Crippen LogP contribution in [0.5, 0.6) is 0 Å². The molecule has 1 aromatic carbocycles. The van der Waals surface area contributed by atoms with Crippen molar-refractivity contribution in [1.29, 1.82) is 0 Å². The Morgan fingerprint density at radius 1 is 1.25 bits per heavy atom. The second-order valence-corrected chi connectivity index (χ2v) is 5.01. The van der Waals surface area contributed by atoms with Gasteiger partial charge in [0, 0.05) is 30.9 Å². The average Bonchev–Trinajstić information content (AvgIpc) is 2.95. The maximum absolute atomic E-state index is 12.0. The van der Waals surface area contributed by atoms with Gasteiger partial charge in [-0.25, -0.2) is 4.79 Å². The van der Waals surface area contributed by atoms with Crippen molar-refractivity contribution in [2.75, 3.05) is 25.0 Å². The second-order valence-electron chi connectivity index (χ2n) is 5.01. The molecule has 5 nitrogen and oxygen atoms in total. The Bertz CT molecular complexity index is 508. The summed E-state index contributed by atoms with van der Waals surface area (Å²) in [5.41, 5.74) is 2.26. The third kappa shape index (κ3) is 3.29. The highest BCUT2D eigenvalue weighted by molar-refractivity contribution is 5.96. The third-order valence-corrected chi connectivity index (χ3v) is 3.46. The van der Waals surface area contributed by atoms with Crippen molar-refractivity contribution in [3.8, 4) is 0 Å². The van der Waals surface area contributed by atoms with E-state index in [4.69, 9.17) is 0 Å². The molecule has 1 aromatic rings. The summed E-state index contributed by atoms with van der Waals surface area (Å²) in [6, 6.07) is 5.26. The number of nitrogens with one attached hydrogen (secondary N) is 2. The van der Waals surface area contributed by atoms with Crippen molar-refractivity contribution < 1.29 is 9.59 Å². The molecular weight excluding hydrogens is 254 g/mol. The Morgan fingerprint density at radius 2 is 1.95 bits per heavy atom.